The van der Waals surface area contributed by atoms with Crippen LogP contribution in [0.4, 0.5) is 37.0 Å². The molecular weight excluding hydrogens is 546 g/mol. The zero-order chi connectivity index (χ0) is 27.2. The number of anilines is 2. The largest absolute Gasteiger partial charge is 0.484 e. The standard InChI is InChI=1S/C23H18F6N2O4S2/c1-33-20(32)17-10-18(13-5-3-2-4-6-13)37-19(17)31-21(36)30-14-7-15(34-11-22(24,25)26)9-16(8-14)35-12-23(27,28)29/h2-10H,11-12H2,1H3,(H2,30,31,36). The minimum absolute atomic E-state index is 0.0196. The van der Waals surface area contributed by atoms with Crippen LogP contribution < -0.4 is 20.1 Å². The number of rotatable bonds is 8. The minimum Gasteiger partial charge on any atom is -0.484 e. The lowest BCUT2D eigenvalue weighted by Gasteiger charge is -2.16. The summed E-state index contributed by atoms with van der Waals surface area (Å²) in [5.74, 6) is -1.45. The van der Waals surface area contributed by atoms with Crippen molar-refractivity contribution in [3.8, 4) is 21.9 Å². The van der Waals surface area contributed by atoms with Gasteiger partial charge in [-0.2, -0.15) is 26.3 Å². The molecule has 2 aromatic carbocycles. The van der Waals surface area contributed by atoms with E-state index in [1.165, 1.54) is 18.4 Å². The number of nitrogens with one attached hydrogen (secondary N) is 2. The number of halogens is 6. The van der Waals surface area contributed by atoms with Gasteiger partial charge in [0.2, 0.25) is 0 Å². The second kappa shape index (κ2) is 11.7. The van der Waals surface area contributed by atoms with Gasteiger partial charge in [-0.1, -0.05) is 30.3 Å². The smallest absolute Gasteiger partial charge is 0.422 e. The van der Waals surface area contributed by atoms with E-state index in [1.54, 1.807) is 6.07 Å². The Balaban J connectivity index is 1.83. The molecule has 37 heavy (non-hydrogen) atoms. The first-order valence-corrected chi connectivity index (χ1v) is 11.5. The number of alkyl halides is 6. The summed E-state index contributed by atoms with van der Waals surface area (Å²) >= 11 is 6.44. The first kappa shape index (κ1) is 28.1. The lowest BCUT2D eigenvalue weighted by Crippen LogP contribution is -2.22. The third-order valence-corrected chi connectivity index (χ3v) is 5.67. The number of carbonyl (C=O) groups is 1. The van der Waals surface area contributed by atoms with E-state index in [4.69, 9.17) is 17.0 Å². The van der Waals surface area contributed by atoms with Crippen molar-refractivity contribution in [1.29, 1.82) is 0 Å². The van der Waals surface area contributed by atoms with E-state index in [2.05, 4.69) is 20.1 Å². The van der Waals surface area contributed by atoms with Crippen LogP contribution in [0.15, 0.2) is 54.6 Å². The number of benzene rings is 2. The number of thiocarbonyl (C=S) groups is 1. The van der Waals surface area contributed by atoms with Crippen molar-refractivity contribution in [2.24, 2.45) is 0 Å². The Morgan fingerprint density at radius 1 is 0.892 bits per heavy atom. The van der Waals surface area contributed by atoms with Crippen LogP contribution in [0.25, 0.3) is 10.4 Å². The van der Waals surface area contributed by atoms with Gasteiger partial charge < -0.3 is 24.8 Å². The number of esters is 1. The van der Waals surface area contributed by atoms with Gasteiger partial charge in [-0.3, -0.25) is 0 Å². The van der Waals surface area contributed by atoms with Gasteiger partial charge >= 0.3 is 18.3 Å². The van der Waals surface area contributed by atoms with Crippen LogP contribution in [0, 0.1) is 0 Å². The molecule has 0 aliphatic carbocycles. The number of hydrogen-bond acceptors (Lipinski definition) is 6. The molecule has 0 unspecified atom stereocenters. The zero-order valence-corrected chi connectivity index (χ0v) is 20.5. The van der Waals surface area contributed by atoms with Crippen LogP contribution in [0.5, 0.6) is 11.5 Å². The maximum Gasteiger partial charge on any atom is 0.422 e. The summed E-state index contributed by atoms with van der Waals surface area (Å²) in [7, 11) is 1.21. The fraction of sp³-hybridized carbons (Fsp3) is 0.217. The number of carbonyl (C=O) groups excluding carboxylic acids is 1. The van der Waals surface area contributed by atoms with Crippen LogP contribution >= 0.6 is 23.6 Å². The van der Waals surface area contributed by atoms with Gasteiger partial charge in [0.15, 0.2) is 18.3 Å². The molecule has 0 spiro atoms. The van der Waals surface area contributed by atoms with Gasteiger partial charge in [0, 0.05) is 28.8 Å². The lowest BCUT2D eigenvalue weighted by molar-refractivity contribution is -0.153. The van der Waals surface area contributed by atoms with Gasteiger partial charge in [-0.05, 0) is 23.8 Å². The minimum atomic E-state index is -4.67. The van der Waals surface area contributed by atoms with Gasteiger partial charge in [-0.15, -0.1) is 11.3 Å². The fourth-order valence-corrected chi connectivity index (χ4v) is 4.24. The van der Waals surface area contributed by atoms with Crippen LogP contribution in [-0.4, -0.2) is 43.8 Å². The third kappa shape index (κ3) is 8.82. The summed E-state index contributed by atoms with van der Waals surface area (Å²) in [6.45, 7) is -3.34. The molecule has 3 rings (SSSR count). The molecule has 6 nitrogen and oxygen atoms in total. The van der Waals surface area contributed by atoms with Crippen molar-refractivity contribution in [2.45, 2.75) is 12.4 Å². The monoisotopic (exact) mass is 564 g/mol. The summed E-state index contributed by atoms with van der Waals surface area (Å²) in [6, 6.07) is 13.8. The Morgan fingerprint density at radius 2 is 1.46 bits per heavy atom. The predicted molar refractivity (Wildman–Crippen MR) is 130 cm³/mol. The molecule has 0 radical (unpaired) electrons. The van der Waals surface area contributed by atoms with Crippen molar-refractivity contribution >= 4 is 45.3 Å². The number of ether oxygens (including phenoxy) is 3. The molecule has 2 N–H and O–H groups in total. The van der Waals surface area contributed by atoms with E-state index in [1.807, 2.05) is 30.3 Å². The maximum atomic E-state index is 12.6. The van der Waals surface area contributed by atoms with Crippen molar-refractivity contribution in [3.63, 3.8) is 0 Å². The first-order valence-electron chi connectivity index (χ1n) is 10.2. The Hall–Kier alpha value is -3.52. The van der Waals surface area contributed by atoms with E-state index in [-0.39, 0.29) is 16.4 Å². The van der Waals surface area contributed by atoms with Crippen molar-refractivity contribution in [2.75, 3.05) is 31.0 Å². The van der Waals surface area contributed by atoms with Gasteiger partial charge in [0.25, 0.3) is 0 Å². The van der Waals surface area contributed by atoms with Gasteiger partial charge in [0.05, 0.1) is 12.7 Å². The highest BCUT2D eigenvalue weighted by Crippen LogP contribution is 2.36. The second-order valence-corrected chi connectivity index (χ2v) is 8.75. The van der Waals surface area contributed by atoms with E-state index in [0.29, 0.717) is 5.00 Å². The Kier molecular flexibility index (Phi) is 8.86. The zero-order valence-electron chi connectivity index (χ0n) is 18.8. The molecule has 0 saturated carbocycles. The second-order valence-electron chi connectivity index (χ2n) is 7.29. The van der Waals surface area contributed by atoms with E-state index in [0.717, 1.165) is 28.6 Å². The van der Waals surface area contributed by atoms with Crippen LogP contribution in [0.3, 0.4) is 0 Å². The SMILES string of the molecule is COC(=O)c1cc(-c2ccccc2)sc1NC(=S)Nc1cc(OCC(F)(F)F)cc(OCC(F)(F)F)c1. The molecule has 0 amide bonds. The molecule has 198 valence electrons. The summed E-state index contributed by atoms with van der Waals surface area (Å²) in [4.78, 5) is 13.0. The number of methoxy groups -OCH3 is 1. The van der Waals surface area contributed by atoms with E-state index >= 15 is 0 Å². The highest BCUT2D eigenvalue weighted by Gasteiger charge is 2.30. The average molecular weight is 565 g/mol. The average Bonchev–Trinajstić information content (AvgIpc) is 3.24. The molecule has 14 heteroatoms. The fourth-order valence-electron chi connectivity index (χ4n) is 2.90. The van der Waals surface area contributed by atoms with Gasteiger partial charge in [0.1, 0.15) is 16.5 Å². The normalized spacial score (nSPS) is 11.5. The van der Waals surface area contributed by atoms with Crippen LogP contribution in [0.1, 0.15) is 10.4 Å². The Labute approximate surface area is 216 Å². The number of thiophene rings is 1. The molecule has 0 fully saturated rings. The quantitative estimate of drug-likeness (QED) is 0.175. The molecule has 0 saturated heterocycles. The molecule has 0 aliphatic heterocycles. The molecule has 1 heterocycles. The van der Waals surface area contributed by atoms with Crippen LogP contribution in [-0.2, 0) is 4.74 Å². The highest BCUT2D eigenvalue weighted by atomic mass is 32.1. The topological polar surface area (TPSA) is 68.8 Å². The third-order valence-electron chi connectivity index (χ3n) is 4.37. The molecule has 0 atom stereocenters. The summed E-state index contributed by atoms with van der Waals surface area (Å²) in [5.41, 5.74) is 0.978. The maximum absolute atomic E-state index is 12.6. The molecular formula is C23H18F6N2O4S2. The van der Waals surface area contributed by atoms with Crippen molar-refractivity contribution in [3.05, 3.63) is 60.2 Å². The highest BCUT2D eigenvalue weighted by molar-refractivity contribution is 7.80. The van der Waals surface area contributed by atoms with E-state index < -0.39 is 43.0 Å². The molecule has 0 bridgehead atoms. The summed E-state index contributed by atoms with van der Waals surface area (Å²) < 4.78 is 89.5. The summed E-state index contributed by atoms with van der Waals surface area (Å²) in [6.07, 6.45) is -9.35. The van der Waals surface area contributed by atoms with E-state index in [9.17, 15) is 31.1 Å². The van der Waals surface area contributed by atoms with Crippen molar-refractivity contribution in [1.82, 2.24) is 0 Å². The molecule has 0 aliphatic rings. The van der Waals surface area contributed by atoms with Crippen molar-refractivity contribution < 1.29 is 45.3 Å². The Morgan fingerprint density at radius 3 is 1.97 bits per heavy atom. The lowest BCUT2D eigenvalue weighted by atomic mass is 10.1. The summed E-state index contributed by atoms with van der Waals surface area (Å²) in [5, 5.41) is 5.66. The predicted octanol–water partition coefficient (Wildman–Crippen LogP) is 6.89. The first-order chi connectivity index (χ1) is 17.3. The van der Waals surface area contributed by atoms with Gasteiger partial charge in [-0.25, -0.2) is 4.79 Å². The van der Waals surface area contributed by atoms with Crippen LogP contribution in [0.2, 0.25) is 0 Å². The number of hydrogen-bond donors (Lipinski definition) is 2. The molecule has 1 aromatic heterocycles. The molecule has 3 aromatic rings. The Bertz CT molecular complexity index is 1210.